The zero-order valence-electron chi connectivity index (χ0n) is 13.1. The van der Waals surface area contributed by atoms with E-state index in [0.29, 0.717) is 17.3 Å². The van der Waals surface area contributed by atoms with Crippen LogP contribution >= 0.6 is 11.3 Å². The van der Waals surface area contributed by atoms with Crippen molar-refractivity contribution in [2.24, 2.45) is 9.98 Å². The maximum Gasteiger partial charge on any atom is 0.289 e. The second kappa shape index (κ2) is 6.02. The van der Waals surface area contributed by atoms with Crippen LogP contribution in [0.25, 0.3) is 0 Å². The Morgan fingerprint density at radius 1 is 1.21 bits per heavy atom. The number of fused-ring (bicyclic) bond motifs is 2. The van der Waals surface area contributed by atoms with Crippen LogP contribution in [0.5, 0.6) is 0 Å². The summed E-state index contributed by atoms with van der Waals surface area (Å²) in [6.07, 6.45) is 6.05. The Morgan fingerprint density at radius 3 is 2.92 bits per heavy atom. The van der Waals surface area contributed by atoms with Gasteiger partial charge in [0.1, 0.15) is 5.84 Å². The Bertz CT molecular complexity index is 920. The quantitative estimate of drug-likeness (QED) is 0.791. The summed E-state index contributed by atoms with van der Waals surface area (Å²) in [5.74, 6) is 1.02. The Hall–Kier alpha value is -2.79. The van der Waals surface area contributed by atoms with Gasteiger partial charge in [0.2, 0.25) is 0 Å². The topological polar surface area (TPSA) is 45.0 Å². The predicted octanol–water partition coefficient (Wildman–Crippen LogP) is 4.02. The van der Waals surface area contributed by atoms with Crippen molar-refractivity contribution in [3.8, 4) is 0 Å². The number of amidine groups is 2. The van der Waals surface area contributed by atoms with Crippen molar-refractivity contribution in [3.63, 3.8) is 0 Å². The second-order valence-electron chi connectivity index (χ2n) is 5.68. The van der Waals surface area contributed by atoms with Gasteiger partial charge in [-0.05, 0) is 35.6 Å². The largest absolute Gasteiger partial charge is 0.328 e. The molecule has 0 aliphatic carbocycles. The van der Waals surface area contributed by atoms with Crippen LogP contribution in [0.4, 0.5) is 0 Å². The van der Waals surface area contributed by atoms with Crippen LogP contribution in [0.2, 0.25) is 0 Å². The van der Waals surface area contributed by atoms with E-state index in [9.17, 15) is 4.79 Å². The van der Waals surface area contributed by atoms with Crippen LogP contribution in [0.15, 0.2) is 75.7 Å². The molecule has 0 saturated heterocycles. The number of amides is 1. The Balaban J connectivity index is 1.84. The molecule has 2 aliphatic rings. The van der Waals surface area contributed by atoms with E-state index in [4.69, 9.17) is 0 Å². The van der Waals surface area contributed by atoms with Crippen LogP contribution in [0.1, 0.15) is 27.7 Å². The molecule has 24 heavy (non-hydrogen) atoms. The average molecular weight is 333 g/mol. The molecule has 0 N–H and O–H groups in total. The SMILES string of the molecule is CC1=CN2Cc3ccccc3C(=NC(=O)c3cccs3)N=C2C=C1. The van der Waals surface area contributed by atoms with Crippen molar-refractivity contribution in [2.75, 3.05) is 0 Å². The van der Waals surface area contributed by atoms with Crippen molar-refractivity contribution in [1.82, 2.24) is 4.90 Å². The maximum absolute atomic E-state index is 12.4. The van der Waals surface area contributed by atoms with Crippen LogP contribution in [0, 0.1) is 0 Å². The lowest BCUT2D eigenvalue weighted by Gasteiger charge is -2.22. The number of benzene rings is 1. The van der Waals surface area contributed by atoms with Crippen molar-refractivity contribution in [3.05, 3.63) is 81.7 Å². The standard InChI is InChI=1S/C19H15N3OS/c1-13-8-9-17-20-18(21-19(23)16-7-4-10-24-16)15-6-3-2-5-14(15)12-22(17)11-13/h2-11H,12H2,1H3. The Morgan fingerprint density at radius 2 is 2.08 bits per heavy atom. The highest BCUT2D eigenvalue weighted by Crippen LogP contribution is 2.22. The molecule has 0 spiro atoms. The lowest BCUT2D eigenvalue weighted by molar-refractivity contribution is 0.101. The fourth-order valence-electron chi connectivity index (χ4n) is 2.75. The van der Waals surface area contributed by atoms with Gasteiger partial charge in [0.25, 0.3) is 5.91 Å². The molecule has 2 aromatic rings. The molecular formula is C19H15N3OS. The summed E-state index contributed by atoms with van der Waals surface area (Å²) in [5, 5.41) is 1.87. The number of carbonyl (C=O) groups excluding carboxylic acids is 1. The molecule has 1 aromatic carbocycles. The molecule has 0 bridgehead atoms. The van der Waals surface area contributed by atoms with Crippen molar-refractivity contribution >= 4 is 28.9 Å². The van der Waals surface area contributed by atoms with Gasteiger partial charge in [0.05, 0.1) is 4.88 Å². The molecule has 0 radical (unpaired) electrons. The lowest BCUT2D eigenvalue weighted by Crippen LogP contribution is -2.25. The van der Waals surface area contributed by atoms with Crippen molar-refractivity contribution in [1.29, 1.82) is 0 Å². The Labute approximate surface area is 144 Å². The summed E-state index contributed by atoms with van der Waals surface area (Å²) in [4.78, 5) is 24.1. The van der Waals surface area contributed by atoms with E-state index < -0.39 is 0 Å². The predicted molar refractivity (Wildman–Crippen MR) is 97.5 cm³/mol. The van der Waals surface area contributed by atoms with Gasteiger partial charge in [0.15, 0.2) is 5.84 Å². The molecule has 0 saturated carbocycles. The third-order valence-corrected chi connectivity index (χ3v) is 4.77. The fraction of sp³-hybridized carbons (Fsp3) is 0.105. The van der Waals surface area contributed by atoms with Crippen LogP contribution in [0.3, 0.4) is 0 Å². The molecule has 2 aliphatic heterocycles. The number of hydrogen-bond donors (Lipinski definition) is 0. The van der Waals surface area contributed by atoms with Gasteiger partial charge in [-0.2, -0.15) is 4.99 Å². The number of aliphatic imine (C=N–C) groups is 2. The smallest absolute Gasteiger partial charge is 0.289 e. The molecule has 1 aromatic heterocycles. The van der Waals surface area contributed by atoms with E-state index in [2.05, 4.69) is 34.1 Å². The second-order valence-corrected chi connectivity index (χ2v) is 6.63. The fourth-order valence-corrected chi connectivity index (χ4v) is 3.36. The average Bonchev–Trinajstić information content (AvgIpc) is 3.07. The third-order valence-electron chi connectivity index (χ3n) is 3.91. The minimum absolute atomic E-state index is 0.251. The molecule has 0 unspecified atom stereocenters. The molecule has 4 rings (SSSR count). The van der Waals surface area contributed by atoms with Crippen LogP contribution < -0.4 is 0 Å². The Kier molecular flexibility index (Phi) is 3.70. The number of nitrogens with zero attached hydrogens (tertiary/aromatic N) is 3. The van der Waals surface area contributed by atoms with E-state index in [0.717, 1.165) is 17.0 Å². The van der Waals surface area contributed by atoms with Gasteiger partial charge in [-0.15, -0.1) is 11.3 Å². The highest BCUT2D eigenvalue weighted by Gasteiger charge is 2.21. The summed E-state index contributed by atoms with van der Waals surface area (Å²) in [5.41, 5.74) is 3.18. The van der Waals surface area contributed by atoms with Crippen molar-refractivity contribution < 1.29 is 4.79 Å². The van der Waals surface area contributed by atoms with Crippen molar-refractivity contribution in [2.45, 2.75) is 13.5 Å². The van der Waals surface area contributed by atoms with Gasteiger partial charge < -0.3 is 4.90 Å². The summed E-state index contributed by atoms with van der Waals surface area (Å²) >= 11 is 1.39. The molecule has 0 fully saturated rings. The normalized spacial score (nSPS) is 17.7. The molecular weight excluding hydrogens is 318 g/mol. The number of hydrogen-bond acceptors (Lipinski definition) is 3. The van der Waals surface area contributed by atoms with Crippen LogP contribution in [-0.2, 0) is 6.54 Å². The number of rotatable bonds is 1. The minimum atomic E-state index is -0.251. The maximum atomic E-state index is 12.4. The van der Waals surface area contributed by atoms with E-state index in [1.54, 1.807) is 6.07 Å². The summed E-state index contributed by atoms with van der Waals surface area (Å²) in [7, 11) is 0. The zero-order valence-corrected chi connectivity index (χ0v) is 14.0. The highest BCUT2D eigenvalue weighted by atomic mass is 32.1. The molecule has 1 amide bonds. The summed E-state index contributed by atoms with van der Waals surface area (Å²) in [6, 6.07) is 11.6. The third kappa shape index (κ3) is 2.74. The zero-order chi connectivity index (χ0) is 16.5. The van der Waals surface area contributed by atoms with E-state index in [-0.39, 0.29) is 5.91 Å². The van der Waals surface area contributed by atoms with E-state index >= 15 is 0 Å². The van der Waals surface area contributed by atoms with Gasteiger partial charge in [-0.25, -0.2) is 4.99 Å². The minimum Gasteiger partial charge on any atom is -0.328 e. The summed E-state index contributed by atoms with van der Waals surface area (Å²) in [6.45, 7) is 2.77. The first kappa shape index (κ1) is 14.8. The summed E-state index contributed by atoms with van der Waals surface area (Å²) < 4.78 is 0. The molecule has 118 valence electrons. The molecule has 4 nitrogen and oxygen atoms in total. The first-order valence-electron chi connectivity index (χ1n) is 7.67. The van der Waals surface area contributed by atoms with E-state index in [1.807, 2.05) is 41.8 Å². The number of allylic oxidation sites excluding steroid dienone is 2. The number of thiophene rings is 1. The van der Waals surface area contributed by atoms with Gasteiger partial charge in [-0.3, -0.25) is 4.79 Å². The highest BCUT2D eigenvalue weighted by molar-refractivity contribution is 7.12. The first-order chi connectivity index (χ1) is 11.7. The van der Waals surface area contributed by atoms with E-state index in [1.165, 1.54) is 16.9 Å². The monoisotopic (exact) mass is 333 g/mol. The molecule has 0 atom stereocenters. The van der Waals surface area contributed by atoms with Gasteiger partial charge >= 0.3 is 0 Å². The first-order valence-corrected chi connectivity index (χ1v) is 8.55. The van der Waals surface area contributed by atoms with Crippen LogP contribution in [-0.4, -0.2) is 22.5 Å². The number of carbonyl (C=O) groups is 1. The van der Waals surface area contributed by atoms with Gasteiger partial charge in [-0.1, -0.05) is 36.4 Å². The molecule has 5 heteroatoms. The molecule has 3 heterocycles. The lowest BCUT2D eigenvalue weighted by atomic mass is 10.1. The van der Waals surface area contributed by atoms with Gasteiger partial charge in [0, 0.05) is 18.3 Å².